The van der Waals surface area contributed by atoms with Gasteiger partial charge in [0.05, 0.1) is 23.6 Å². The number of carbonyl (C=O) groups excluding carboxylic acids is 1. The molecule has 0 bridgehead atoms. The van der Waals surface area contributed by atoms with E-state index in [4.69, 9.17) is 0 Å². The summed E-state index contributed by atoms with van der Waals surface area (Å²) in [6.45, 7) is 0. The second kappa shape index (κ2) is 3.54. The number of halogens is 1. The van der Waals surface area contributed by atoms with Gasteiger partial charge in [-0.2, -0.15) is 0 Å². The minimum atomic E-state index is -0.536. The van der Waals surface area contributed by atoms with Crippen LogP contribution in [0.4, 0.5) is 0 Å². The summed E-state index contributed by atoms with van der Waals surface area (Å²) in [7, 11) is 1.27. The first kappa shape index (κ1) is 9.97. The van der Waals surface area contributed by atoms with Gasteiger partial charge in [0.15, 0.2) is 0 Å². The molecule has 0 spiro atoms. The van der Waals surface area contributed by atoms with E-state index in [-0.39, 0.29) is 11.1 Å². The third-order valence-electron chi connectivity index (χ3n) is 2.05. The van der Waals surface area contributed by atoms with Gasteiger partial charge in [0.1, 0.15) is 0 Å². The molecule has 0 unspecified atom stereocenters. The van der Waals surface area contributed by atoms with Gasteiger partial charge in [-0.3, -0.25) is 15.0 Å². The Labute approximate surface area is 92.5 Å². The number of carbonyl (C=O) groups is 1. The Morgan fingerprint density at radius 2 is 2.13 bits per heavy atom. The monoisotopic (exact) mass is 270 g/mol. The highest BCUT2D eigenvalue weighted by molar-refractivity contribution is 9.10. The van der Waals surface area contributed by atoms with E-state index in [9.17, 15) is 9.59 Å². The molecule has 0 saturated heterocycles. The fraction of sp³-hybridized carbons (Fsp3) is 0.111. The van der Waals surface area contributed by atoms with Crippen LogP contribution >= 0.6 is 15.9 Å². The van der Waals surface area contributed by atoms with Crippen molar-refractivity contribution >= 4 is 32.8 Å². The number of benzene rings is 1. The van der Waals surface area contributed by atoms with Crippen molar-refractivity contribution in [1.82, 2.24) is 10.2 Å². The zero-order valence-electron chi connectivity index (χ0n) is 7.76. The molecule has 1 aromatic carbocycles. The van der Waals surface area contributed by atoms with E-state index in [1.807, 2.05) is 0 Å². The van der Waals surface area contributed by atoms with Gasteiger partial charge >= 0.3 is 5.97 Å². The lowest BCUT2D eigenvalue weighted by Gasteiger charge is -2.00. The number of nitrogens with one attached hydrogen (secondary N) is 2. The minimum Gasteiger partial charge on any atom is -0.465 e. The van der Waals surface area contributed by atoms with Gasteiger partial charge < -0.3 is 4.74 Å². The molecule has 1 heterocycles. The highest BCUT2D eigenvalue weighted by Gasteiger charge is 2.15. The second-order valence-corrected chi connectivity index (χ2v) is 3.86. The van der Waals surface area contributed by atoms with Gasteiger partial charge in [-0.25, -0.2) is 4.79 Å². The topological polar surface area (TPSA) is 75.0 Å². The molecule has 6 heteroatoms. The first-order chi connectivity index (χ1) is 7.13. The third-order valence-corrected chi connectivity index (χ3v) is 2.50. The molecule has 15 heavy (non-hydrogen) atoms. The summed E-state index contributed by atoms with van der Waals surface area (Å²) in [5.74, 6) is -0.536. The van der Waals surface area contributed by atoms with Crippen molar-refractivity contribution in [3.63, 3.8) is 0 Å². The van der Waals surface area contributed by atoms with Crippen LogP contribution in [0.1, 0.15) is 10.4 Å². The molecular formula is C9H7BrN2O3. The lowest BCUT2D eigenvalue weighted by atomic mass is 10.1. The van der Waals surface area contributed by atoms with Crippen LogP contribution < -0.4 is 5.56 Å². The van der Waals surface area contributed by atoms with Crippen LogP contribution in [0.2, 0.25) is 0 Å². The molecule has 0 fully saturated rings. The quantitative estimate of drug-likeness (QED) is 0.770. The summed E-state index contributed by atoms with van der Waals surface area (Å²) in [5.41, 5.74) is 0.469. The minimum absolute atomic E-state index is 0.240. The molecule has 5 nitrogen and oxygen atoms in total. The molecule has 1 aromatic heterocycles. The molecular weight excluding hydrogens is 264 g/mol. The first-order valence-corrected chi connectivity index (χ1v) is 4.91. The summed E-state index contributed by atoms with van der Waals surface area (Å²) in [5, 5.41) is 5.40. The first-order valence-electron chi connectivity index (χ1n) is 4.11. The number of aromatic nitrogens is 2. The molecule has 0 aliphatic heterocycles. The SMILES string of the molecule is COC(=O)c1cc(Br)cc2[nH][nH]c(=O)c12. The van der Waals surface area contributed by atoms with Crippen LogP contribution in [0.15, 0.2) is 21.4 Å². The van der Waals surface area contributed by atoms with Crippen molar-refractivity contribution in [2.45, 2.75) is 0 Å². The van der Waals surface area contributed by atoms with Crippen LogP contribution in [0.5, 0.6) is 0 Å². The second-order valence-electron chi connectivity index (χ2n) is 2.95. The van der Waals surface area contributed by atoms with Crippen LogP contribution in [0, 0.1) is 0 Å². The smallest absolute Gasteiger partial charge is 0.338 e. The highest BCUT2D eigenvalue weighted by atomic mass is 79.9. The van der Waals surface area contributed by atoms with Crippen LogP contribution in [0.25, 0.3) is 10.9 Å². The molecule has 2 aromatic rings. The predicted octanol–water partition coefficient (Wildman–Crippen LogP) is 1.41. The van der Waals surface area contributed by atoms with Crippen LogP contribution in [0.3, 0.4) is 0 Å². The lowest BCUT2D eigenvalue weighted by Crippen LogP contribution is -2.07. The van der Waals surface area contributed by atoms with E-state index in [2.05, 4.69) is 30.9 Å². The van der Waals surface area contributed by atoms with Gasteiger partial charge in [-0.05, 0) is 12.1 Å². The molecule has 0 atom stereocenters. The molecule has 0 aliphatic carbocycles. The van der Waals surface area contributed by atoms with Crippen molar-refractivity contribution in [3.8, 4) is 0 Å². The number of hydrogen-bond acceptors (Lipinski definition) is 3. The number of H-pyrrole nitrogens is 2. The number of aromatic amines is 2. The van der Waals surface area contributed by atoms with E-state index < -0.39 is 5.97 Å². The van der Waals surface area contributed by atoms with E-state index in [0.717, 1.165) is 0 Å². The van der Waals surface area contributed by atoms with Crippen LogP contribution in [-0.4, -0.2) is 23.3 Å². The standard InChI is InChI=1S/C9H7BrN2O3/c1-15-9(14)5-2-4(10)3-6-7(5)8(13)12-11-6/h2-3H,1H3,(H2,11,12,13). The fourth-order valence-corrected chi connectivity index (χ4v) is 1.87. The summed E-state index contributed by atoms with van der Waals surface area (Å²) >= 11 is 3.25. The van der Waals surface area contributed by atoms with E-state index >= 15 is 0 Å². The molecule has 2 rings (SSSR count). The maximum atomic E-state index is 11.4. The normalized spacial score (nSPS) is 10.5. The molecule has 0 amide bonds. The maximum Gasteiger partial charge on any atom is 0.338 e. The molecule has 0 saturated carbocycles. The summed E-state index contributed by atoms with van der Waals surface area (Å²) in [6, 6.07) is 3.26. The molecule has 0 aliphatic rings. The number of hydrogen-bond donors (Lipinski definition) is 2. The predicted molar refractivity (Wildman–Crippen MR) is 58.0 cm³/mol. The van der Waals surface area contributed by atoms with Gasteiger partial charge in [0.2, 0.25) is 0 Å². The zero-order valence-corrected chi connectivity index (χ0v) is 9.34. The van der Waals surface area contributed by atoms with Crippen molar-refractivity contribution in [3.05, 3.63) is 32.5 Å². The van der Waals surface area contributed by atoms with Gasteiger partial charge in [-0.15, -0.1) is 0 Å². The Morgan fingerprint density at radius 1 is 1.40 bits per heavy atom. The van der Waals surface area contributed by atoms with Crippen LogP contribution in [-0.2, 0) is 4.74 Å². The molecule has 0 radical (unpaired) electrons. The van der Waals surface area contributed by atoms with Crippen molar-refractivity contribution < 1.29 is 9.53 Å². The number of rotatable bonds is 1. The van der Waals surface area contributed by atoms with Crippen molar-refractivity contribution in [2.24, 2.45) is 0 Å². The third kappa shape index (κ3) is 1.56. The average molecular weight is 271 g/mol. The van der Waals surface area contributed by atoms with Gasteiger partial charge in [0, 0.05) is 4.47 Å². The fourth-order valence-electron chi connectivity index (χ4n) is 1.41. The van der Waals surface area contributed by atoms with Crippen molar-refractivity contribution in [2.75, 3.05) is 7.11 Å². The summed E-state index contributed by atoms with van der Waals surface area (Å²) < 4.78 is 5.30. The zero-order chi connectivity index (χ0) is 11.0. The summed E-state index contributed by atoms with van der Waals surface area (Å²) in [6.07, 6.45) is 0. The van der Waals surface area contributed by atoms with E-state index in [1.54, 1.807) is 12.1 Å². The van der Waals surface area contributed by atoms with Gasteiger partial charge in [-0.1, -0.05) is 15.9 Å². The highest BCUT2D eigenvalue weighted by Crippen LogP contribution is 2.20. The summed E-state index contributed by atoms with van der Waals surface area (Å²) in [4.78, 5) is 22.8. The lowest BCUT2D eigenvalue weighted by molar-refractivity contribution is 0.0603. The Kier molecular flexibility index (Phi) is 2.36. The largest absolute Gasteiger partial charge is 0.465 e. The Bertz CT molecular complexity index is 585. The number of ether oxygens (including phenoxy) is 1. The Balaban J connectivity index is 2.86. The Hall–Kier alpha value is -1.56. The average Bonchev–Trinajstić information content (AvgIpc) is 2.58. The number of esters is 1. The van der Waals surface area contributed by atoms with E-state index in [0.29, 0.717) is 15.4 Å². The number of methoxy groups -OCH3 is 1. The maximum absolute atomic E-state index is 11.4. The molecule has 2 N–H and O–H groups in total. The Morgan fingerprint density at radius 3 is 2.80 bits per heavy atom. The van der Waals surface area contributed by atoms with Crippen molar-refractivity contribution in [1.29, 1.82) is 0 Å². The molecule has 78 valence electrons. The number of fused-ring (bicyclic) bond motifs is 1. The van der Waals surface area contributed by atoms with Gasteiger partial charge in [0.25, 0.3) is 5.56 Å². The van der Waals surface area contributed by atoms with E-state index in [1.165, 1.54) is 7.11 Å².